The molecule has 0 bridgehead atoms. The van der Waals surface area contributed by atoms with Crippen molar-refractivity contribution in [3.63, 3.8) is 0 Å². The molecule has 1 amide bonds. The molecule has 1 saturated heterocycles. The quantitative estimate of drug-likeness (QED) is 0.469. The fourth-order valence-corrected chi connectivity index (χ4v) is 4.56. The highest BCUT2D eigenvalue weighted by Crippen LogP contribution is 2.40. The van der Waals surface area contributed by atoms with Crippen LogP contribution in [-0.4, -0.2) is 38.7 Å². The minimum atomic E-state index is -0.289. The molecule has 1 aliphatic heterocycles. The van der Waals surface area contributed by atoms with Crippen molar-refractivity contribution in [3.8, 4) is 11.5 Å². The van der Waals surface area contributed by atoms with Gasteiger partial charge < -0.3 is 14.6 Å². The normalized spacial score (nSPS) is 16.3. The number of nitrogens with zero attached hydrogens (tertiary/aromatic N) is 5. The van der Waals surface area contributed by atoms with Crippen molar-refractivity contribution in [1.82, 2.24) is 19.7 Å². The maximum absolute atomic E-state index is 13.1. The van der Waals surface area contributed by atoms with Gasteiger partial charge in [-0.1, -0.05) is 0 Å². The largest absolute Gasteiger partial charge is 0.444 e. The van der Waals surface area contributed by atoms with Gasteiger partial charge >= 0.3 is 0 Å². The van der Waals surface area contributed by atoms with Crippen molar-refractivity contribution in [1.29, 1.82) is 0 Å². The Balaban J connectivity index is 1.33. The van der Waals surface area contributed by atoms with Crippen LogP contribution in [0.15, 0.2) is 47.3 Å². The summed E-state index contributed by atoms with van der Waals surface area (Å²) in [6.45, 7) is 3.88. The van der Waals surface area contributed by atoms with Crippen LogP contribution in [0.3, 0.4) is 0 Å². The molecule has 2 fully saturated rings. The highest BCUT2D eigenvalue weighted by atomic mass is 16.3. The maximum Gasteiger partial charge on any atom is 0.277 e. The molecular formula is C25H26N6O2. The number of aromatic nitrogens is 4. The third-order valence-corrected chi connectivity index (χ3v) is 6.43. The molecule has 1 saturated carbocycles. The van der Waals surface area contributed by atoms with Crippen LogP contribution in [-0.2, 0) is 0 Å². The number of anilines is 2. The zero-order valence-electron chi connectivity index (χ0n) is 18.6. The monoisotopic (exact) mass is 442 g/mol. The number of hydrogen-bond acceptors (Lipinski definition) is 6. The summed E-state index contributed by atoms with van der Waals surface area (Å²) in [6, 6.07) is 8.43. The molecule has 0 spiro atoms. The molecule has 1 N–H and O–H groups in total. The fourth-order valence-electron chi connectivity index (χ4n) is 4.56. The minimum absolute atomic E-state index is 0.248. The molecule has 1 aliphatic carbocycles. The van der Waals surface area contributed by atoms with E-state index >= 15 is 0 Å². The lowest BCUT2D eigenvalue weighted by atomic mass is 10.1. The Labute approximate surface area is 191 Å². The number of aryl methyl sites for hydroxylation is 1. The summed E-state index contributed by atoms with van der Waals surface area (Å²) in [4.78, 5) is 24.1. The van der Waals surface area contributed by atoms with Crippen molar-refractivity contribution < 1.29 is 9.21 Å². The Kier molecular flexibility index (Phi) is 4.86. The van der Waals surface area contributed by atoms with Crippen LogP contribution in [0.4, 0.5) is 11.4 Å². The lowest BCUT2D eigenvalue weighted by molar-refractivity contribution is 0.102. The van der Waals surface area contributed by atoms with E-state index in [1.165, 1.54) is 25.5 Å². The number of fused-ring (bicyclic) bond motifs is 1. The number of pyridine rings is 1. The number of piperidine rings is 1. The lowest BCUT2D eigenvalue weighted by Gasteiger charge is -2.30. The van der Waals surface area contributed by atoms with Crippen molar-refractivity contribution in [2.24, 2.45) is 0 Å². The van der Waals surface area contributed by atoms with Crippen molar-refractivity contribution in [2.45, 2.75) is 45.1 Å². The van der Waals surface area contributed by atoms with Gasteiger partial charge in [-0.25, -0.2) is 4.98 Å². The highest BCUT2D eigenvalue weighted by Gasteiger charge is 2.27. The molecule has 0 radical (unpaired) electrons. The van der Waals surface area contributed by atoms with Gasteiger partial charge in [0.1, 0.15) is 6.26 Å². The number of benzene rings is 1. The van der Waals surface area contributed by atoms with Gasteiger partial charge in [-0.05, 0) is 63.3 Å². The molecule has 1 aromatic carbocycles. The first kappa shape index (κ1) is 20.0. The molecule has 4 heterocycles. The van der Waals surface area contributed by atoms with Crippen LogP contribution < -0.4 is 10.2 Å². The van der Waals surface area contributed by atoms with E-state index in [1.807, 2.05) is 31.3 Å². The first-order chi connectivity index (χ1) is 16.2. The van der Waals surface area contributed by atoms with Crippen molar-refractivity contribution in [3.05, 3.63) is 54.3 Å². The third kappa shape index (κ3) is 3.86. The molecule has 168 valence electrons. The predicted molar refractivity (Wildman–Crippen MR) is 126 cm³/mol. The van der Waals surface area contributed by atoms with Crippen LogP contribution in [0.1, 0.15) is 54.3 Å². The smallest absolute Gasteiger partial charge is 0.277 e. The summed E-state index contributed by atoms with van der Waals surface area (Å²) in [7, 11) is 0. The van der Waals surface area contributed by atoms with E-state index in [1.54, 1.807) is 6.20 Å². The van der Waals surface area contributed by atoms with E-state index in [4.69, 9.17) is 4.42 Å². The second kappa shape index (κ2) is 8.03. The Morgan fingerprint density at radius 1 is 1.15 bits per heavy atom. The van der Waals surface area contributed by atoms with Gasteiger partial charge in [0.05, 0.1) is 29.1 Å². The second-order valence-corrected chi connectivity index (χ2v) is 8.97. The highest BCUT2D eigenvalue weighted by molar-refractivity contribution is 6.06. The summed E-state index contributed by atoms with van der Waals surface area (Å²) in [5, 5.41) is 8.75. The second-order valence-electron chi connectivity index (χ2n) is 8.97. The Hall–Kier alpha value is -3.68. The van der Waals surface area contributed by atoms with Gasteiger partial charge in [-0.3, -0.25) is 14.5 Å². The number of hydrogen-bond donors (Lipinski definition) is 1. The van der Waals surface area contributed by atoms with Gasteiger partial charge in [-0.15, -0.1) is 0 Å². The topological polar surface area (TPSA) is 89.1 Å². The lowest BCUT2D eigenvalue weighted by Crippen LogP contribution is -2.30. The first-order valence-electron chi connectivity index (χ1n) is 11.6. The molecule has 4 aromatic rings. The van der Waals surface area contributed by atoms with Gasteiger partial charge in [0.15, 0.2) is 5.69 Å². The average molecular weight is 443 g/mol. The molecule has 8 heteroatoms. The number of amides is 1. The van der Waals surface area contributed by atoms with Crippen LogP contribution in [0, 0.1) is 6.92 Å². The summed E-state index contributed by atoms with van der Waals surface area (Å²) < 4.78 is 7.73. The van der Waals surface area contributed by atoms with Crippen molar-refractivity contribution >= 4 is 28.2 Å². The van der Waals surface area contributed by atoms with Crippen molar-refractivity contribution in [2.75, 3.05) is 23.3 Å². The number of rotatable bonds is 5. The SMILES string of the molecule is Cc1cc(-c2nc(C(=O)Nc3cc4cnn(C5CC5)c4cc3N3CCCCC3)co2)ccn1. The summed E-state index contributed by atoms with van der Waals surface area (Å²) >= 11 is 0. The predicted octanol–water partition coefficient (Wildman–Crippen LogP) is 4.97. The van der Waals surface area contributed by atoms with E-state index in [0.29, 0.717) is 11.9 Å². The van der Waals surface area contributed by atoms with Crippen LogP contribution in [0.2, 0.25) is 0 Å². The summed E-state index contributed by atoms with van der Waals surface area (Å²) in [6.07, 6.45) is 10.9. The molecular weight excluding hydrogens is 416 g/mol. The third-order valence-electron chi connectivity index (χ3n) is 6.43. The standard InChI is InChI=1S/C25H26N6O2/c1-16-11-17(7-8-26-16)25-29-21(15-33-25)24(32)28-20-12-18-14-27-31(19-5-6-19)22(18)13-23(20)30-9-3-2-4-10-30/h7-8,11-15,19H,2-6,9-10H2,1H3,(H,28,32). The Morgan fingerprint density at radius 2 is 2.00 bits per heavy atom. The summed E-state index contributed by atoms with van der Waals surface area (Å²) in [5.41, 5.74) is 4.87. The minimum Gasteiger partial charge on any atom is -0.444 e. The van der Waals surface area contributed by atoms with E-state index in [-0.39, 0.29) is 11.6 Å². The average Bonchev–Trinajstić information content (AvgIpc) is 3.39. The van der Waals surface area contributed by atoms with E-state index < -0.39 is 0 Å². The number of carbonyl (C=O) groups is 1. The van der Waals surface area contributed by atoms with E-state index in [0.717, 1.165) is 59.5 Å². The maximum atomic E-state index is 13.1. The van der Waals surface area contributed by atoms with E-state index in [2.05, 4.69) is 36.0 Å². The Morgan fingerprint density at radius 3 is 2.79 bits per heavy atom. The Bertz CT molecular complexity index is 1330. The molecule has 6 rings (SSSR count). The van der Waals surface area contributed by atoms with Gasteiger partial charge in [0, 0.05) is 35.9 Å². The van der Waals surface area contributed by atoms with Gasteiger partial charge in [-0.2, -0.15) is 5.10 Å². The zero-order chi connectivity index (χ0) is 22.4. The van der Waals surface area contributed by atoms with Gasteiger partial charge in [0.25, 0.3) is 5.91 Å². The van der Waals surface area contributed by atoms with Crippen LogP contribution in [0.5, 0.6) is 0 Å². The number of nitrogens with one attached hydrogen (secondary N) is 1. The number of carbonyl (C=O) groups excluding carboxylic acids is 1. The summed E-state index contributed by atoms with van der Waals surface area (Å²) in [5.74, 6) is 0.117. The van der Waals surface area contributed by atoms with Crippen LogP contribution >= 0.6 is 0 Å². The van der Waals surface area contributed by atoms with E-state index in [9.17, 15) is 4.79 Å². The molecule has 33 heavy (non-hydrogen) atoms. The zero-order valence-corrected chi connectivity index (χ0v) is 18.6. The molecule has 0 atom stereocenters. The first-order valence-corrected chi connectivity index (χ1v) is 11.6. The van der Waals surface area contributed by atoms with Crippen LogP contribution in [0.25, 0.3) is 22.4 Å². The number of oxazole rings is 1. The molecule has 3 aromatic heterocycles. The molecule has 2 aliphatic rings. The molecule has 0 unspecified atom stereocenters. The molecule has 8 nitrogen and oxygen atoms in total. The fraction of sp³-hybridized carbons (Fsp3) is 0.360. The van der Waals surface area contributed by atoms with Gasteiger partial charge in [0.2, 0.25) is 5.89 Å².